The van der Waals surface area contributed by atoms with Crippen molar-refractivity contribution in [3.8, 4) is 0 Å². The maximum Gasteiger partial charge on any atom is 0.186 e. The zero-order valence-electron chi connectivity index (χ0n) is 7.31. The first-order valence-electron chi connectivity index (χ1n) is 4.00. The summed E-state index contributed by atoms with van der Waals surface area (Å²) >= 11 is 0. The molecule has 2 aromatic rings. The van der Waals surface area contributed by atoms with Crippen molar-refractivity contribution < 1.29 is 0 Å². The molecule has 4 nitrogen and oxygen atoms in total. The van der Waals surface area contributed by atoms with Gasteiger partial charge in [0.2, 0.25) is 0 Å². The molecule has 0 atom stereocenters. The lowest BCUT2D eigenvalue weighted by Crippen LogP contribution is -1.93. The van der Waals surface area contributed by atoms with Gasteiger partial charge in [-0.3, -0.25) is 5.43 Å². The topological polar surface area (TPSA) is 49.6 Å². The van der Waals surface area contributed by atoms with Crippen molar-refractivity contribution in [1.82, 2.24) is 4.98 Å². The Labute approximate surface area is 82.6 Å². The second-order valence-electron chi connectivity index (χ2n) is 2.85. The van der Waals surface area contributed by atoms with E-state index in [1.165, 1.54) is 0 Å². The first kappa shape index (κ1) is 8.68. The molecule has 1 N–H and O–H groups in total. The number of aromatic nitrogens is 1. The predicted octanol–water partition coefficient (Wildman–Crippen LogP) is 2.28. The summed E-state index contributed by atoms with van der Waals surface area (Å²) in [5.74, 6) is 0.687. The van der Waals surface area contributed by atoms with Gasteiger partial charge in [0, 0.05) is 14.6 Å². The average molecular weight is 181 g/mol. The van der Waals surface area contributed by atoms with Crippen LogP contribution in [0.15, 0.2) is 40.8 Å². The fraction of sp³-hybridized carbons (Fsp3) is 0. The summed E-state index contributed by atoms with van der Waals surface area (Å²) < 4.78 is 0. The Morgan fingerprint density at radius 3 is 3.00 bits per heavy atom. The smallest absolute Gasteiger partial charge is 0.186 e. The Bertz CT molecular complexity index is 504. The molecule has 5 heteroatoms. The van der Waals surface area contributed by atoms with Crippen molar-refractivity contribution >= 4 is 30.7 Å². The molecule has 1 aliphatic rings. The van der Waals surface area contributed by atoms with Crippen LogP contribution in [0.5, 0.6) is 0 Å². The minimum absolute atomic E-state index is 0. The fourth-order valence-electron chi connectivity index (χ4n) is 1.51. The van der Waals surface area contributed by atoms with Crippen LogP contribution in [0.3, 0.4) is 0 Å². The largest absolute Gasteiger partial charge is 0.259 e. The first-order chi connectivity index (χ1) is 6.45. The molecule has 3 rings (SSSR count). The van der Waals surface area contributed by atoms with Crippen LogP contribution in [0.1, 0.15) is 0 Å². The predicted molar refractivity (Wildman–Crippen MR) is 55.6 cm³/mol. The van der Waals surface area contributed by atoms with Gasteiger partial charge in [0.05, 0.1) is 11.1 Å². The number of hydrogen-bond acceptors (Lipinski definition) is 4. The third kappa shape index (κ3) is 1.06. The van der Waals surface area contributed by atoms with E-state index >= 15 is 0 Å². The number of nitrogens with one attached hydrogen (secondary N) is 1. The van der Waals surface area contributed by atoms with E-state index in [9.17, 15) is 0 Å². The lowest BCUT2D eigenvalue weighted by atomic mass is 10.1. The molecule has 0 amide bonds. The van der Waals surface area contributed by atoms with Gasteiger partial charge in [-0.15, -0.1) is 5.11 Å². The number of benzene rings is 1. The molecule has 0 unspecified atom stereocenters. The van der Waals surface area contributed by atoms with Crippen LogP contribution in [0.25, 0.3) is 10.8 Å². The molecular weight excluding hydrogens is 175 g/mol. The molecule has 65 valence electrons. The zero-order valence-corrected chi connectivity index (χ0v) is 7.31. The summed E-state index contributed by atoms with van der Waals surface area (Å²) in [4.78, 5) is 4.14. The standard InChI is InChI=1S/C9H6N4.B/c1-2-6-4-5-10-9-8(6)7(3-1)11-13-12-9;/h1-5H,(H,10,11,12);. The number of pyridine rings is 1. The van der Waals surface area contributed by atoms with Gasteiger partial charge in [0.25, 0.3) is 0 Å². The molecule has 0 bridgehead atoms. The zero-order chi connectivity index (χ0) is 8.67. The fourth-order valence-corrected chi connectivity index (χ4v) is 1.51. The van der Waals surface area contributed by atoms with Gasteiger partial charge < -0.3 is 0 Å². The van der Waals surface area contributed by atoms with Crippen LogP contribution in [-0.2, 0) is 0 Å². The van der Waals surface area contributed by atoms with E-state index in [-0.39, 0.29) is 8.41 Å². The molecule has 0 saturated carbocycles. The number of anilines is 1. The summed E-state index contributed by atoms with van der Waals surface area (Å²) in [5, 5.41) is 9.84. The molecule has 0 saturated heterocycles. The normalized spacial score (nSPS) is 12.0. The Morgan fingerprint density at radius 2 is 2.07 bits per heavy atom. The summed E-state index contributed by atoms with van der Waals surface area (Å²) in [6.45, 7) is 0. The van der Waals surface area contributed by atoms with Crippen molar-refractivity contribution in [2.24, 2.45) is 10.3 Å². The summed E-state index contributed by atoms with van der Waals surface area (Å²) in [6.07, 6.45) is 1.74. The van der Waals surface area contributed by atoms with Crippen molar-refractivity contribution in [3.05, 3.63) is 30.5 Å². The van der Waals surface area contributed by atoms with Gasteiger partial charge in [-0.2, -0.15) is 0 Å². The van der Waals surface area contributed by atoms with E-state index in [0.29, 0.717) is 5.82 Å². The molecule has 0 aliphatic carbocycles. The Morgan fingerprint density at radius 1 is 1.14 bits per heavy atom. The minimum Gasteiger partial charge on any atom is -0.259 e. The second-order valence-corrected chi connectivity index (χ2v) is 2.85. The van der Waals surface area contributed by atoms with Gasteiger partial charge in [-0.25, -0.2) is 4.98 Å². The Hall–Kier alpha value is -1.91. The molecule has 0 spiro atoms. The van der Waals surface area contributed by atoms with Crippen LogP contribution in [0.2, 0.25) is 0 Å². The highest BCUT2D eigenvalue weighted by atomic mass is 15.4. The highest BCUT2D eigenvalue weighted by Gasteiger charge is 2.09. The van der Waals surface area contributed by atoms with Crippen molar-refractivity contribution in [2.75, 3.05) is 5.43 Å². The molecule has 1 aromatic carbocycles. The first-order valence-corrected chi connectivity index (χ1v) is 4.00. The van der Waals surface area contributed by atoms with Crippen LogP contribution < -0.4 is 5.43 Å². The van der Waals surface area contributed by atoms with E-state index in [2.05, 4.69) is 20.7 Å². The summed E-state index contributed by atoms with van der Waals surface area (Å²) in [6, 6.07) is 7.94. The Balaban J connectivity index is 0.000000750. The van der Waals surface area contributed by atoms with E-state index < -0.39 is 0 Å². The Kier molecular flexibility index (Phi) is 1.92. The summed E-state index contributed by atoms with van der Waals surface area (Å²) in [5.41, 5.74) is 3.81. The number of nitrogens with zero attached hydrogens (tertiary/aromatic N) is 3. The molecule has 3 radical (unpaired) electrons. The maximum atomic E-state index is 4.14. The molecular formula is C9H6BN4. The molecule has 0 fully saturated rings. The third-order valence-electron chi connectivity index (χ3n) is 2.09. The van der Waals surface area contributed by atoms with E-state index in [1.54, 1.807) is 6.20 Å². The van der Waals surface area contributed by atoms with Gasteiger partial charge in [-0.05, 0) is 17.5 Å². The summed E-state index contributed by atoms with van der Waals surface area (Å²) in [7, 11) is 0. The SMILES string of the molecule is [B].c1cc2c3c(nccc3c1)N=NN2. The van der Waals surface area contributed by atoms with Crippen molar-refractivity contribution in [3.63, 3.8) is 0 Å². The molecule has 1 aromatic heterocycles. The lowest BCUT2D eigenvalue weighted by Gasteiger charge is -2.09. The van der Waals surface area contributed by atoms with Crippen LogP contribution >= 0.6 is 0 Å². The van der Waals surface area contributed by atoms with Crippen LogP contribution in [-0.4, -0.2) is 13.4 Å². The van der Waals surface area contributed by atoms with Crippen molar-refractivity contribution in [2.45, 2.75) is 0 Å². The van der Waals surface area contributed by atoms with Crippen LogP contribution in [0, 0.1) is 0 Å². The van der Waals surface area contributed by atoms with Gasteiger partial charge in [0.15, 0.2) is 5.82 Å². The van der Waals surface area contributed by atoms with E-state index in [4.69, 9.17) is 0 Å². The van der Waals surface area contributed by atoms with E-state index in [1.807, 2.05) is 24.3 Å². The van der Waals surface area contributed by atoms with Crippen LogP contribution in [0.4, 0.5) is 11.5 Å². The molecule has 14 heavy (non-hydrogen) atoms. The lowest BCUT2D eigenvalue weighted by molar-refractivity contribution is 1.08. The third-order valence-corrected chi connectivity index (χ3v) is 2.09. The van der Waals surface area contributed by atoms with Gasteiger partial charge >= 0.3 is 0 Å². The molecule has 1 aliphatic heterocycles. The van der Waals surface area contributed by atoms with Gasteiger partial charge in [0.1, 0.15) is 0 Å². The quantitative estimate of drug-likeness (QED) is 0.633. The monoisotopic (exact) mass is 181 g/mol. The number of hydrogen-bond donors (Lipinski definition) is 1. The number of rotatable bonds is 0. The highest BCUT2D eigenvalue weighted by Crippen LogP contribution is 2.33. The highest BCUT2D eigenvalue weighted by molar-refractivity contribution is 6.00. The van der Waals surface area contributed by atoms with Crippen molar-refractivity contribution in [1.29, 1.82) is 0 Å². The maximum absolute atomic E-state index is 4.14. The molecule has 2 heterocycles. The average Bonchev–Trinajstić information content (AvgIpc) is 2.19. The van der Waals surface area contributed by atoms with E-state index in [0.717, 1.165) is 16.5 Å². The van der Waals surface area contributed by atoms with Gasteiger partial charge in [-0.1, -0.05) is 17.4 Å². The second kappa shape index (κ2) is 3.10. The minimum atomic E-state index is 0.